The van der Waals surface area contributed by atoms with Crippen LogP contribution in [-0.4, -0.2) is 4.98 Å². The van der Waals surface area contributed by atoms with E-state index in [9.17, 15) is 0 Å². The van der Waals surface area contributed by atoms with Crippen LogP contribution < -0.4 is 94.0 Å². The topological polar surface area (TPSA) is 24.9 Å². The standard InChI is InChI=1S/C19H11N2S.3Na/c1-3-8-14(9-4-1)16-12-7-13-17-18(16)21-19(22-17)20-15-10-5-2-6-11-15;;;/h2-7,10-13H,(H,20,21);;;/q-3;3*+1. The van der Waals surface area contributed by atoms with Gasteiger partial charge in [0.1, 0.15) is 0 Å². The summed E-state index contributed by atoms with van der Waals surface area (Å²) in [6, 6.07) is 29.1. The molecule has 2 nitrogen and oxygen atoms in total. The van der Waals surface area contributed by atoms with E-state index in [1.807, 2.05) is 36.4 Å². The molecule has 4 aromatic rings. The van der Waals surface area contributed by atoms with Crippen LogP contribution in [0, 0.1) is 18.2 Å². The number of anilines is 2. The van der Waals surface area contributed by atoms with Gasteiger partial charge in [0.15, 0.2) is 5.13 Å². The summed E-state index contributed by atoms with van der Waals surface area (Å²) in [6.45, 7) is 0. The SMILES string of the molecule is [Na+].[Na+].[Na+].[c-]1c[c-]c(-c2cccc3sc(Nc4ccccc4)nc23)[c-]c1. The number of nitrogens with one attached hydrogen (secondary N) is 1. The van der Waals surface area contributed by atoms with Gasteiger partial charge in [-0.1, -0.05) is 47.2 Å². The Balaban J connectivity index is 0.00000104. The molecule has 0 saturated heterocycles. The molecule has 0 bridgehead atoms. The average molecular weight is 368 g/mol. The maximum atomic E-state index is 4.74. The molecule has 106 valence electrons. The molecule has 6 heteroatoms. The molecule has 1 aromatic heterocycles. The fraction of sp³-hybridized carbons (Fsp3) is 0. The van der Waals surface area contributed by atoms with E-state index in [-0.39, 0.29) is 88.7 Å². The maximum absolute atomic E-state index is 4.74. The van der Waals surface area contributed by atoms with Crippen molar-refractivity contribution in [2.45, 2.75) is 0 Å². The van der Waals surface area contributed by atoms with E-state index in [1.165, 1.54) is 0 Å². The van der Waals surface area contributed by atoms with Crippen molar-refractivity contribution in [3.63, 3.8) is 0 Å². The summed E-state index contributed by atoms with van der Waals surface area (Å²) in [6.07, 6.45) is 0. The van der Waals surface area contributed by atoms with E-state index in [4.69, 9.17) is 4.98 Å². The maximum Gasteiger partial charge on any atom is 1.00 e. The number of hydrogen-bond donors (Lipinski definition) is 1. The molecule has 0 spiro atoms. The summed E-state index contributed by atoms with van der Waals surface area (Å²) < 4.78 is 1.14. The molecule has 0 unspecified atom stereocenters. The zero-order valence-electron chi connectivity index (χ0n) is 14.6. The summed E-state index contributed by atoms with van der Waals surface area (Å²) >= 11 is 1.64. The second-order valence-corrected chi connectivity index (χ2v) is 5.81. The molecular formula is C19H11N2Na3S. The van der Waals surface area contributed by atoms with Gasteiger partial charge in [0, 0.05) is 5.69 Å². The van der Waals surface area contributed by atoms with Gasteiger partial charge >= 0.3 is 88.7 Å². The Hall–Kier alpha value is 0.350. The summed E-state index contributed by atoms with van der Waals surface area (Å²) in [5.74, 6) is 0. The van der Waals surface area contributed by atoms with Crippen LogP contribution in [0.3, 0.4) is 0 Å². The van der Waals surface area contributed by atoms with Crippen LogP contribution in [-0.2, 0) is 0 Å². The first-order chi connectivity index (χ1) is 10.9. The van der Waals surface area contributed by atoms with Crippen molar-refractivity contribution in [3.05, 3.63) is 78.9 Å². The smallest absolute Gasteiger partial charge is 0.545 e. The molecule has 0 saturated carbocycles. The van der Waals surface area contributed by atoms with Crippen LogP contribution in [0.1, 0.15) is 0 Å². The molecule has 4 rings (SSSR count). The molecule has 25 heavy (non-hydrogen) atoms. The van der Waals surface area contributed by atoms with E-state index in [2.05, 4.69) is 35.6 Å². The Kier molecular flexibility index (Phi) is 10.5. The number of para-hydroxylation sites is 2. The van der Waals surface area contributed by atoms with Gasteiger partial charge in [-0.25, -0.2) is 4.98 Å². The number of fused-ring (bicyclic) bond motifs is 1. The van der Waals surface area contributed by atoms with Crippen LogP contribution in [0.5, 0.6) is 0 Å². The number of thiazole rings is 1. The van der Waals surface area contributed by atoms with Gasteiger partial charge in [-0.3, -0.25) is 0 Å². The minimum Gasteiger partial charge on any atom is -0.545 e. The predicted octanol–water partition coefficient (Wildman–Crippen LogP) is -3.88. The molecule has 1 N–H and O–H groups in total. The van der Waals surface area contributed by atoms with Gasteiger partial charge in [0.2, 0.25) is 0 Å². The number of rotatable bonds is 3. The van der Waals surface area contributed by atoms with Crippen molar-refractivity contribution in [2.24, 2.45) is 0 Å². The van der Waals surface area contributed by atoms with E-state index in [0.29, 0.717) is 0 Å². The molecule has 1 heterocycles. The van der Waals surface area contributed by atoms with Crippen molar-refractivity contribution >= 4 is 32.4 Å². The Labute approximate surface area is 218 Å². The van der Waals surface area contributed by atoms with E-state index in [0.717, 1.165) is 32.2 Å². The molecule has 3 aromatic carbocycles. The van der Waals surface area contributed by atoms with Crippen LogP contribution in [0.15, 0.2) is 60.7 Å². The van der Waals surface area contributed by atoms with Gasteiger partial charge < -0.3 is 41.2 Å². The molecule has 0 atom stereocenters. The molecule has 0 aliphatic carbocycles. The first-order valence-electron chi connectivity index (χ1n) is 6.91. The second-order valence-electron chi connectivity index (χ2n) is 4.78. The Morgan fingerprint density at radius 3 is 2.28 bits per heavy atom. The molecule has 0 aliphatic rings. The van der Waals surface area contributed by atoms with Crippen LogP contribution >= 0.6 is 11.3 Å². The summed E-state index contributed by atoms with van der Waals surface area (Å²) in [5, 5.41) is 4.24. The van der Waals surface area contributed by atoms with Gasteiger partial charge in [-0.2, -0.15) is 0 Å². The average Bonchev–Trinajstić information content (AvgIpc) is 2.99. The van der Waals surface area contributed by atoms with Crippen molar-refractivity contribution in [1.82, 2.24) is 4.98 Å². The summed E-state index contributed by atoms with van der Waals surface area (Å²) in [4.78, 5) is 4.74. The number of hydrogen-bond acceptors (Lipinski definition) is 3. The summed E-state index contributed by atoms with van der Waals surface area (Å²) in [5.41, 5.74) is 3.98. The fourth-order valence-electron chi connectivity index (χ4n) is 2.32. The quantitative estimate of drug-likeness (QED) is 0.296. The first kappa shape index (κ1) is 23.4. The fourth-order valence-corrected chi connectivity index (χ4v) is 3.23. The Bertz CT molecular complexity index is 912. The normalized spacial score (nSPS) is 9.44. The van der Waals surface area contributed by atoms with Crippen LogP contribution in [0.4, 0.5) is 10.8 Å². The predicted molar refractivity (Wildman–Crippen MR) is 91.3 cm³/mol. The number of aromatic nitrogens is 1. The molecule has 0 aliphatic heterocycles. The van der Waals surface area contributed by atoms with Crippen molar-refractivity contribution in [1.29, 1.82) is 0 Å². The summed E-state index contributed by atoms with van der Waals surface area (Å²) in [7, 11) is 0. The third-order valence-electron chi connectivity index (χ3n) is 3.31. The van der Waals surface area contributed by atoms with Gasteiger partial charge in [-0.15, -0.1) is 0 Å². The van der Waals surface area contributed by atoms with Crippen molar-refractivity contribution < 1.29 is 88.7 Å². The largest absolute Gasteiger partial charge is 1.00 e. The minimum absolute atomic E-state index is 0. The molecule has 0 amide bonds. The molecule has 0 radical (unpaired) electrons. The van der Waals surface area contributed by atoms with Gasteiger partial charge in [0.05, 0.1) is 10.2 Å². The van der Waals surface area contributed by atoms with E-state index < -0.39 is 0 Å². The van der Waals surface area contributed by atoms with Crippen LogP contribution in [0.25, 0.3) is 21.3 Å². The third-order valence-corrected chi connectivity index (χ3v) is 4.25. The first-order valence-corrected chi connectivity index (χ1v) is 7.73. The van der Waals surface area contributed by atoms with Gasteiger partial charge in [-0.05, 0) is 18.2 Å². The van der Waals surface area contributed by atoms with Gasteiger partial charge in [0.25, 0.3) is 0 Å². The van der Waals surface area contributed by atoms with Crippen LogP contribution in [0.2, 0.25) is 0 Å². The molecular weight excluding hydrogens is 357 g/mol. The number of nitrogens with zero attached hydrogens (tertiary/aromatic N) is 1. The van der Waals surface area contributed by atoms with Crippen molar-refractivity contribution in [2.75, 3.05) is 5.32 Å². The monoisotopic (exact) mass is 368 g/mol. The second kappa shape index (κ2) is 11.3. The zero-order valence-corrected chi connectivity index (χ0v) is 21.4. The van der Waals surface area contributed by atoms with E-state index in [1.54, 1.807) is 23.5 Å². The van der Waals surface area contributed by atoms with Crippen molar-refractivity contribution in [3.8, 4) is 11.1 Å². The Morgan fingerprint density at radius 2 is 1.56 bits per heavy atom. The molecule has 0 fully saturated rings. The third kappa shape index (κ3) is 5.66. The number of benzene rings is 3. The Morgan fingerprint density at radius 1 is 0.840 bits per heavy atom. The minimum atomic E-state index is 0. The van der Waals surface area contributed by atoms with E-state index >= 15 is 0 Å². The zero-order chi connectivity index (χ0) is 14.8.